The lowest BCUT2D eigenvalue weighted by molar-refractivity contribution is 0.918. The topological polar surface area (TPSA) is 17.8 Å². The van der Waals surface area contributed by atoms with Crippen molar-refractivity contribution in [1.82, 2.24) is 9.55 Å². The second-order valence-corrected chi connectivity index (χ2v) is 6.56. The quantitative estimate of drug-likeness (QED) is 0.420. The molecule has 21 heavy (non-hydrogen) atoms. The third-order valence-corrected chi connectivity index (χ3v) is 4.45. The zero-order chi connectivity index (χ0) is 14.8. The maximum absolute atomic E-state index is 6.09. The van der Waals surface area contributed by atoms with E-state index in [9.17, 15) is 0 Å². The second-order valence-electron chi connectivity index (χ2n) is 5.05. The van der Waals surface area contributed by atoms with Gasteiger partial charge >= 0.3 is 0 Å². The normalized spacial score (nSPS) is 11.2. The van der Waals surface area contributed by atoms with Gasteiger partial charge in [0.25, 0.3) is 0 Å². The van der Waals surface area contributed by atoms with Crippen molar-refractivity contribution in [1.29, 1.82) is 0 Å². The number of halogens is 2. The van der Waals surface area contributed by atoms with Crippen LogP contribution in [0.4, 0.5) is 0 Å². The van der Waals surface area contributed by atoms with Crippen molar-refractivity contribution in [3.05, 3.63) is 57.4 Å². The molecule has 0 saturated heterocycles. The molecule has 0 N–H and O–H groups in total. The minimum Gasteiger partial charge on any atom is -0.295 e. The number of rotatable bonds is 4. The van der Waals surface area contributed by atoms with Crippen molar-refractivity contribution in [3.8, 4) is 5.69 Å². The number of benzene rings is 2. The van der Waals surface area contributed by atoms with E-state index in [4.69, 9.17) is 11.6 Å². The summed E-state index contributed by atoms with van der Waals surface area (Å²) < 4.78 is 3.33. The van der Waals surface area contributed by atoms with Gasteiger partial charge in [0.15, 0.2) is 0 Å². The van der Waals surface area contributed by atoms with E-state index >= 15 is 0 Å². The van der Waals surface area contributed by atoms with Gasteiger partial charge < -0.3 is 0 Å². The van der Waals surface area contributed by atoms with E-state index < -0.39 is 0 Å². The Labute approximate surface area is 143 Å². The molecular formula is C17H16ClIN2. The Morgan fingerprint density at radius 3 is 2.57 bits per heavy atom. The summed E-state index contributed by atoms with van der Waals surface area (Å²) in [6.45, 7) is 2.20. The molecule has 0 spiro atoms. The minimum absolute atomic E-state index is 0.405. The van der Waals surface area contributed by atoms with Crippen LogP contribution in [-0.4, -0.2) is 9.55 Å². The zero-order valence-corrected chi connectivity index (χ0v) is 14.7. The average Bonchev–Trinajstić information content (AvgIpc) is 2.86. The first-order valence-electron chi connectivity index (χ1n) is 7.05. The molecule has 0 saturated carbocycles. The fourth-order valence-electron chi connectivity index (χ4n) is 2.58. The van der Waals surface area contributed by atoms with Crippen LogP contribution < -0.4 is 0 Å². The summed E-state index contributed by atoms with van der Waals surface area (Å²) in [6, 6.07) is 15.0. The molecular weight excluding hydrogens is 395 g/mol. The molecule has 108 valence electrons. The van der Waals surface area contributed by atoms with E-state index in [-0.39, 0.29) is 0 Å². The molecule has 0 radical (unpaired) electrons. The van der Waals surface area contributed by atoms with Gasteiger partial charge in [0.1, 0.15) is 5.82 Å². The molecule has 2 nitrogen and oxygen atoms in total. The highest BCUT2D eigenvalue weighted by atomic mass is 127. The second kappa shape index (κ2) is 6.36. The summed E-state index contributed by atoms with van der Waals surface area (Å²) in [5.74, 6) is 1.29. The van der Waals surface area contributed by atoms with Crippen LogP contribution in [0.15, 0.2) is 42.5 Å². The first kappa shape index (κ1) is 14.9. The molecule has 0 aliphatic carbocycles. The Hall–Kier alpha value is -1.07. The lowest BCUT2D eigenvalue weighted by Crippen LogP contribution is -1.99. The largest absolute Gasteiger partial charge is 0.295 e. The Kier molecular flexibility index (Phi) is 4.50. The molecule has 1 heterocycles. The maximum Gasteiger partial charge on any atom is 0.129 e. The van der Waals surface area contributed by atoms with Gasteiger partial charge in [0.2, 0.25) is 0 Å². The monoisotopic (exact) mass is 410 g/mol. The van der Waals surface area contributed by atoms with Gasteiger partial charge in [-0.15, -0.1) is 11.6 Å². The summed E-state index contributed by atoms with van der Waals surface area (Å²) in [4.78, 5) is 4.65. The molecule has 0 amide bonds. The highest BCUT2D eigenvalue weighted by Gasteiger charge is 2.11. The fourth-order valence-corrected chi connectivity index (χ4v) is 3.24. The van der Waals surface area contributed by atoms with Crippen molar-refractivity contribution in [2.45, 2.75) is 25.6 Å². The van der Waals surface area contributed by atoms with E-state index in [1.807, 2.05) is 0 Å². The van der Waals surface area contributed by atoms with Gasteiger partial charge in [-0.3, -0.25) is 4.57 Å². The number of imidazole rings is 1. The summed E-state index contributed by atoms with van der Waals surface area (Å²) in [6.07, 6.45) is 2.28. The highest BCUT2D eigenvalue weighted by Crippen LogP contribution is 2.24. The van der Waals surface area contributed by atoms with Crippen molar-refractivity contribution in [2.24, 2.45) is 0 Å². The van der Waals surface area contributed by atoms with Gasteiger partial charge in [-0.05, 0) is 64.9 Å². The Bertz CT molecular complexity index is 762. The summed E-state index contributed by atoms with van der Waals surface area (Å²) >= 11 is 8.40. The lowest BCUT2D eigenvalue weighted by atomic mass is 10.1. The van der Waals surface area contributed by atoms with Crippen LogP contribution in [0, 0.1) is 3.57 Å². The molecule has 0 atom stereocenters. The molecule has 1 aromatic heterocycles. The summed E-state index contributed by atoms with van der Waals surface area (Å²) in [5.41, 5.74) is 4.59. The fraction of sp³-hybridized carbons (Fsp3) is 0.235. The predicted octanol–water partition coefficient (Wildman–Crippen LogP) is 5.32. The van der Waals surface area contributed by atoms with Crippen molar-refractivity contribution in [2.75, 3.05) is 0 Å². The number of nitrogens with zero attached hydrogens (tertiary/aromatic N) is 2. The van der Waals surface area contributed by atoms with Gasteiger partial charge in [-0.25, -0.2) is 4.98 Å². The molecule has 0 aliphatic rings. The molecule has 0 fully saturated rings. The molecule has 0 aliphatic heterocycles. The van der Waals surface area contributed by atoms with Gasteiger partial charge in [-0.2, -0.15) is 0 Å². The number of hydrogen-bond donors (Lipinski definition) is 0. The summed E-state index contributed by atoms with van der Waals surface area (Å²) in [7, 11) is 0. The van der Waals surface area contributed by atoms with Crippen LogP contribution in [0.25, 0.3) is 16.7 Å². The smallest absolute Gasteiger partial charge is 0.129 e. The van der Waals surface area contributed by atoms with Crippen molar-refractivity contribution in [3.63, 3.8) is 0 Å². The van der Waals surface area contributed by atoms with Gasteiger partial charge in [0.05, 0.1) is 16.9 Å². The third kappa shape index (κ3) is 2.94. The third-order valence-electron chi connectivity index (χ3n) is 3.54. The van der Waals surface area contributed by atoms with Crippen LogP contribution in [0.5, 0.6) is 0 Å². The van der Waals surface area contributed by atoms with E-state index in [0.717, 1.165) is 29.0 Å². The molecule has 0 unspecified atom stereocenters. The first-order chi connectivity index (χ1) is 10.2. The maximum atomic E-state index is 6.09. The Morgan fingerprint density at radius 2 is 1.90 bits per heavy atom. The molecule has 4 heteroatoms. The van der Waals surface area contributed by atoms with E-state index in [0.29, 0.717) is 5.88 Å². The van der Waals surface area contributed by atoms with Crippen LogP contribution in [0.2, 0.25) is 0 Å². The lowest BCUT2D eigenvalue weighted by Gasteiger charge is -2.09. The number of fused-ring (bicyclic) bond motifs is 1. The van der Waals surface area contributed by atoms with Crippen LogP contribution in [0.3, 0.4) is 0 Å². The number of aromatic nitrogens is 2. The number of aryl methyl sites for hydroxylation is 1. The molecule has 3 rings (SSSR count). The molecule has 3 aromatic rings. The Balaban J connectivity index is 2.13. The number of hydrogen-bond acceptors (Lipinski definition) is 1. The number of alkyl halides is 1. The molecule has 2 aromatic carbocycles. The zero-order valence-electron chi connectivity index (χ0n) is 11.8. The average molecular weight is 411 g/mol. The SMILES string of the molecule is CCCc1ccc(-n2c(CCl)nc3cc(I)ccc32)cc1. The van der Waals surface area contributed by atoms with Crippen molar-refractivity contribution >= 4 is 45.2 Å². The van der Waals surface area contributed by atoms with Gasteiger partial charge in [-0.1, -0.05) is 25.5 Å². The predicted molar refractivity (Wildman–Crippen MR) is 97.3 cm³/mol. The Morgan fingerprint density at radius 1 is 1.14 bits per heavy atom. The van der Waals surface area contributed by atoms with Crippen LogP contribution >= 0.6 is 34.2 Å². The van der Waals surface area contributed by atoms with Crippen molar-refractivity contribution < 1.29 is 0 Å². The van der Waals surface area contributed by atoms with Gasteiger partial charge in [0, 0.05) is 9.26 Å². The van der Waals surface area contributed by atoms with E-state index in [2.05, 4.69) is 81.5 Å². The summed E-state index contributed by atoms with van der Waals surface area (Å²) in [5, 5.41) is 0. The standard InChI is InChI=1S/C17H16ClIN2/c1-2-3-12-4-7-14(8-5-12)21-16-9-6-13(19)10-15(16)20-17(21)11-18/h4-10H,2-3,11H2,1H3. The minimum atomic E-state index is 0.405. The van der Waals surface area contributed by atoms with Crippen LogP contribution in [-0.2, 0) is 12.3 Å². The molecule has 0 bridgehead atoms. The highest BCUT2D eigenvalue weighted by molar-refractivity contribution is 14.1. The van der Waals surface area contributed by atoms with Crippen LogP contribution in [0.1, 0.15) is 24.7 Å². The van der Waals surface area contributed by atoms with E-state index in [1.54, 1.807) is 0 Å². The first-order valence-corrected chi connectivity index (χ1v) is 8.66. The van der Waals surface area contributed by atoms with E-state index in [1.165, 1.54) is 15.6 Å².